The Hall–Kier alpha value is -6.63. The Bertz CT molecular complexity index is 1980. The van der Waals surface area contributed by atoms with Crippen molar-refractivity contribution in [3.63, 3.8) is 0 Å². The molecule has 0 aliphatic carbocycles. The topological polar surface area (TPSA) is 208 Å². The third-order valence-electron chi connectivity index (χ3n) is 9.78. The molecule has 302 valence electrons. The van der Waals surface area contributed by atoms with E-state index in [1.54, 1.807) is 60.7 Å². The van der Waals surface area contributed by atoms with Crippen molar-refractivity contribution >= 4 is 35.9 Å². The van der Waals surface area contributed by atoms with E-state index in [-0.39, 0.29) is 19.4 Å². The molecule has 0 saturated carbocycles. The maximum absolute atomic E-state index is 14.0. The minimum atomic E-state index is -1.13. The molecular formula is C41H49N7O9. The molecule has 6 amide bonds. The number of benzene rings is 3. The lowest BCUT2D eigenvalue weighted by Gasteiger charge is -2.33. The fraction of sp³-hybridized carbons (Fsp3) is 0.390. The number of ether oxygens (including phenoxy) is 3. The molecule has 2 heterocycles. The summed E-state index contributed by atoms with van der Waals surface area (Å²) >= 11 is 0. The molecule has 5 rings (SSSR count). The van der Waals surface area contributed by atoms with Crippen molar-refractivity contribution in [1.29, 1.82) is 5.26 Å². The van der Waals surface area contributed by atoms with Gasteiger partial charge in [-0.2, -0.15) is 5.26 Å². The lowest BCUT2D eigenvalue weighted by Crippen LogP contribution is -2.59. The van der Waals surface area contributed by atoms with Crippen LogP contribution in [0.25, 0.3) is 0 Å². The number of methoxy groups -OCH3 is 2. The Labute approximate surface area is 331 Å². The van der Waals surface area contributed by atoms with Gasteiger partial charge in [0.2, 0.25) is 35.9 Å². The number of nitrogens with zero attached hydrogens (tertiary/aromatic N) is 3. The largest absolute Gasteiger partial charge is 0.497 e. The van der Waals surface area contributed by atoms with Gasteiger partial charge in [0.1, 0.15) is 41.7 Å². The minimum Gasteiger partial charge on any atom is -0.497 e. The first-order valence-electron chi connectivity index (χ1n) is 18.3. The molecule has 2 aliphatic heterocycles. The van der Waals surface area contributed by atoms with E-state index in [0.29, 0.717) is 52.5 Å². The molecule has 16 heteroatoms. The number of likely N-dealkylation sites (N-methyl/N-ethyl adjacent to an activating group) is 2. The maximum Gasteiger partial charge on any atom is 0.245 e. The van der Waals surface area contributed by atoms with Crippen LogP contribution in [0.5, 0.6) is 23.0 Å². The van der Waals surface area contributed by atoms with Crippen molar-refractivity contribution < 1.29 is 43.0 Å². The van der Waals surface area contributed by atoms with Crippen LogP contribution in [0, 0.1) is 11.3 Å². The molecule has 0 aromatic heterocycles. The van der Waals surface area contributed by atoms with E-state index in [4.69, 9.17) is 14.2 Å². The minimum absolute atomic E-state index is 0.0481. The molecule has 0 unspecified atom stereocenters. The number of amides is 6. The van der Waals surface area contributed by atoms with E-state index in [0.717, 1.165) is 5.56 Å². The highest BCUT2D eigenvalue weighted by molar-refractivity contribution is 5.96. The Morgan fingerprint density at radius 3 is 2.19 bits per heavy atom. The number of carbonyl (C=O) groups is 6. The number of nitriles is 1. The predicted molar refractivity (Wildman–Crippen MR) is 208 cm³/mol. The second kappa shape index (κ2) is 19.8. The lowest BCUT2D eigenvalue weighted by atomic mass is 10.0. The van der Waals surface area contributed by atoms with E-state index >= 15 is 0 Å². The second-order valence-electron chi connectivity index (χ2n) is 13.7. The van der Waals surface area contributed by atoms with E-state index in [1.165, 1.54) is 58.9 Å². The van der Waals surface area contributed by atoms with Crippen LogP contribution in [-0.2, 0) is 48.0 Å². The third kappa shape index (κ3) is 11.0. The average Bonchev–Trinajstić information content (AvgIpc) is 3.21. The van der Waals surface area contributed by atoms with Crippen LogP contribution >= 0.6 is 0 Å². The number of fused-ring (bicyclic) bond motifs is 7. The predicted octanol–water partition coefficient (Wildman–Crippen LogP) is 1.62. The summed E-state index contributed by atoms with van der Waals surface area (Å²) in [5, 5.41) is 20.3. The zero-order valence-corrected chi connectivity index (χ0v) is 33.1. The van der Waals surface area contributed by atoms with Gasteiger partial charge < -0.3 is 45.3 Å². The van der Waals surface area contributed by atoms with E-state index in [9.17, 15) is 34.0 Å². The van der Waals surface area contributed by atoms with Crippen LogP contribution in [0.4, 0.5) is 0 Å². The fourth-order valence-corrected chi connectivity index (χ4v) is 6.30. The molecule has 0 radical (unpaired) electrons. The molecule has 3 aromatic rings. The zero-order chi connectivity index (χ0) is 41.8. The maximum atomic E-state index is 14.0. The molecule has 4 N–H and O–H groups in total. The van der Waals surface area contributed by atoms with Gasteiger partial charge in [0, 0.05) is 39.5 Å². The first kappa shape index (κ1) is 43.1. The van der Waals surface area contributed by atoms with E-state index < -0.39 is 59.7 Å². The van der Waals surface area contributed by atoms with Gasteiger partial charge in [0.25, 0.3) is 0 Å². The Morgan fingerprint density at radius 1 is 0.930 bits per heavy atom. The highest BCUT2D eigenvalue weighted by Crippen LogP contribution is 2.35. The molecule has 57 heavy (non-hydrogen) atoms. The highest BCUT2D eigenvalue weighted by Gasteiger charge is 2.35. The summed E-state index contributed by atoms with van der Waals surface area (Å²) in [6.45, 7) is 4.56. The SMILES string of the molecule is COc1ccc(C[C@@H](C(=O)N[C@@H](C)C(=O)N(C)[C@H]2Cc3ccc(cc3)Oc3cc(c(C#N)cc3OC)CCNC2=O)N(C)C(=O)[C@H](C)NC(=O)[C@@H](C)NC=O)cc1. The smallest absolute Gasteiger partial charge is 0.245 e. The molecule has 0 saturated heterocycles. The molecule has 5 atom stereocenters. The molecule has 3 aromatic carbocycles. The van der Waals surface area contributed by atoms with Crippen LogP contribution in [0.15, 0.2) is 60.7 Å². The molecular weight excluding hydrogens is 734 g/mol. The normalized spacial score (nSPS) is 15.7. The van der Waals surface area contributed by atoms with Gasteiger partial charge in [0.15, 0.2) is 11.5 Å². The van der Waals surface area contributed by atoms with Crippen LogP contribution < -0.4 is 35.5 Å². The second-order valence-corrected chi connectivity index (χ2v) is 13.7. The van der Waals surface area contributed by atoms with Gasteiger partial charge in [-0.05, 0) is 74.2 Å². The first-order chi connectivity index (χ1) is 27.2. The summed E-state index contributed by atoms with van der Waals surface area (Å²) in [7, 11) is 5.91. The number of carbonyl (C=O) groups excluding carboxylic acids is 6. The quantitative estimate of drug-likeness (QED) is 0.174. The van der Waals surface area contributed by atoms with Gasteiger partial charge in [-0.25, -0.2) is 0 Å². The van der Waals surface area contributed by atoms with Crippen LogP contribution in [0.1, 0.15) is 43.0 Å². The van der Waals surface area contributed by atoms with Crippen molar-refractivity contribution in [3.05, 3.63) is 82.9 Å². The Kier molecular flexibility index (Phi) is 15.0. The summed E-state index contributed by atoms with van der Waals surface area (Å²) in [4.78, 5) is 81.3. The lowest BCUT2D eigenvalue weighted by molar-refractivity contribution is -0.144. The number of rotatable bonds is 14. The van der Waals surface area contributed by atoms with Gasteiger partial charge in [0.05, 0.1) is 25.9 Å². The standard InChI is InChI=1S/C41H49N7O9/c1-24(44-23-49)37(50)45-25(2)40(53)48(5)34(19-27-8-12-31(55-6)13-9-27)39(52)46-26(3)41(54)47(4)33-18-28-10-14-32(15-11-28)57-36-20-29(16-17-43-38(33)51)30(22-42)21-35(36)56-7/h8-15,20-21,23-26,33-34H,16-19H2,1-7H3,(H,43,51)(H,44,49)(H,45,50)(H,46,52)/t24-,25+,26+,33+,34+/m1/s1. The Balaban J connectivity index is 1.55. The molecule has 16 nitrogen and oxygen atoms in total. The van der Waals surface area contributed by atoms with Crippen molar-refractivity contribution in [3.8, 4) is 29.1 Å². The van der Waals surface area contributed by atoms with Crippen LogP contribution in [0.3, 0.4) is 0 Å². The van der Waals surface area contributed by atoms with E-state index in [2.05, 4.69) is 27.3 Å². The van der Waals surface area contributed by atoms with E-state index in [1.807, 2.05) is 0 Å². The first-order valence-corrected chi connectivity index (χ1v) is 18.3. The Morgan fingerprint density at radius 2 is 1.58 bits per heavy atom. The van der Waals surface area contributed by atoms with Gasteiger partial charge >= 0.3 is 0 Å². The zero-order valence-electron chi connectivity index (χ0n) is 33.1. The monoisotopic (exact) mass is 783 g/mol. The average molecular weight is 784 g/mol. The number of hydrogen-bond acceptors (Lipinski definition) is 10. The van der Waals surface area contributed by atoms with Gasteiger partial charge in [-0.3, -0.25) is 28.8 Å². The third-order valence-corrected chi connectivity index (χ3v) is 9.78. The molecule has 0 fully saturated rings. The summed E-state index contributed by atoms with van der Waals surface area (Å²) in [6, 6.07) is 14.2. The van der Waals surface area contributed by atoms with Gasteiger partial charge in [-0.15, -0.1) is 0 Å². The molecule has 2 aliphatic rings. The molecule has 4 bridgehead atoms. The van der Waals surface area contributed by atoms with Gasteiger partial charge in [-0.1, -0.05) is 24.3 Å². The number of nitrogens with one attached hydrogen (secondary N) is 4. The summed E-state index contributed by atoms with van der Waals surface area (Å²) in [6.07, 6.45) is 0.853. The van der Waals surface area contributed by atoms with Crippen LogP contribution in [0.2, 0.25) is 0 Å². The van der Waals surface area contributed by atoms with Crippen molar-refractivity contribution in [2.45, 2.75) is 70.2 Å². The van der Waals surface area contributed by atoms with Crippen molar-refractivity contribution in [2.75, 3.05) is 34.9 Å². The summed E-state index contributed by atoms with van der Waals surface area (Å²) in [5.74, 6) is -0.938. The highest BCUT2D eigenvalue weighted by atomic mass is 16.5. The summed E-state index contributed by atoms with van der Waals surface area (Å²) in [5.41, 5.74) is 2.42. The number of hydrogen-bond donors (Lipinski definition) is 4. The van der Waals surface area contributed by atoms with Crippen molar-refractivity contribution in [1.82, 2.24) is 31.1 Å². The molecule has 0 spiro atoms. The van der Waals surface area contributed by atoms with Crippen molar-refractivity contribution in [2.24, 2.45) is 0 Å². The fourth-order valence-electron chi connectivity index (χ4n) is 6.30. The summed E-state index contributed by atoms with van der Waals surface area (Å²) < 4.78 is 16.8. The van der Waals surface area contributed by atoms with Crippen LogP contribution in [-0.4, -0.2) is 111 Å².